The van der Waals surface area contributed by atoms with Crippen molar-refractivity contribution < 1.29 is 9.72 Å². The molecule has 0 aromatic heterocycles. The number of nitro benzene ring substituents is 1. The molecule has 1 aromatic carbocycles. The van der Waals surface area contributed by atoms with Gasteiger partial charge in [0.2, 0.25) is 5.91 Å². The van der Waals surface area contributed by atoms with E-state index in [1.165, 1.54) is 12.1 Å². The maximum atomic E-state index is 11.7. The van der Waals surface area contributed by atoms with Gasteiger partial charge in [0.1, 0.15) is 0 Å². The van der Waals surface area contributed by atoms with Crippen molar-refractivity contribution in [2.24, 2.45) is 0 Å². The first-order valence-corrected chi connectivity index (χ1v) is 7.68. The molecule has 124 valence electrons. The standard InChI is InChI=1S/C15H19ClN4O3/c1-2-5-17-15(21)11-18-6-8-19(9-7-18)14-4-3-12(20(22)23)10-13(14)16/h2-4,10H,1,5-9,11H2,(H,17,21). The molecule has 1 aliphatic heterocycles. The summed E-state index contributed by atoms with van der Waals surface area (Å²) in [7, 11) is 0. The van der Waals surface area contributed by atoms with Gasteiger partial charge in [-0.05, 0) is 6.07 Å². The van der Waals surface area contributed by atoms with Gasteiger partial charge in [-0.25, -0.2) is 0 Å². The van der Waals surface area contributed by atoms with Crippen molar-refractivity contribution in [2.75, 3.05) is 44.2 Å². The molecule has 1 fully saturated rings. The number of non-ortho nitro benzene ring substituents is 1. The molecule has 0 atom stereocenters. The van der Waals surface area contributed by atoms with Crippen LogP contribution in [0.15, 0.2) is 30.9 Å². The maximum Gasteiger partial charge on any atom is 0.271 e. The zero-order valence-corrected chi connectivity index (χ0v) is 13.5. The number of nitrogens with one attached hydrogen (secondary N) is 1. The number of carbonyl (C=O) groups excluding carboxylic acids is 1. The Bertz CT molecular complexity index is 600. The lowest BCUT2D eigenvalue weighted by Gasteiger charge is -2.36. The molecule has 2 rings (SSSR count). The maximum absolute atomic E-state index is 11.7. The van der Waals surface area contributed by atoms with Crippen LogP contribution < -0.4 is 10.2 Å². The van der Waals surface area contributed by atoms with Crippen molar-refractivity contribution in [1.82, 2.24) is 10.2 Å². The van der Waals surface area contributed by atoms with Gasteiger partial charge in [-0.2, -0.15) is 0 Å². The average molecular weight is 339 g/mol. The molecule has 8 heteroatoms. The van der Waals surface area contributed by atoms with E-state index in [2.05, 4.69) is 21.7 Å². The molecule has 0 aliphatic carbocycles. The highest BCUT2D eigenvalue weighted by molar-refractivity contribution is 6.33. The summed E-state index contributed by atoms with van der Waals surface area (Å²) in [5.41, 5.74) is 0.768. The highest BCUT2D eigenvalue weighted by atomic mass is 35.5. The van der Waals surface area contributed by atoms with E-state index < -0.39 is 4.92 Å². The van der Waals surface area contributed by atoms with E-state index in [1.807, 2.05) is 0 Å². The van der Waals surface area contributed by atoms with E-state index in [4.69, 9.17) is 11.6 Å². The Hall–Kier alpha value is -2.12. The second-order valence-electron chi connectivity index (χ2n) is 5.25. The second-order valence-corrected chi connectivity index (χ2v) is 5.66. The van der Waals surface area contributed by atoms with Gasteiger partial charge in [-0.3, -0.25) is 19.8 Å². The lowest BCUT2D eigenvalue weighted by molar-refractivity contribution is -0.384. The lowest BCUT2D eigenvalue weighted by atomic mass is 10.2. The SMILES string of the molecule is C=CCNC(=O)CN1CCN(c2ccc([N+](=O)[O-])cc2Cl)CC1. The molecular weight excluding hydrogens is 320 g/mol. The first-order chi connectivity index (χ1) is 11.0. The number of amides is 1. The molecule has 1 N–H and O–H groups in total. The summed E-state index contributed by atoms with van der Waals surface area (Å²) in [5, 5.41) is 13.9. The summed E-state index contributed by atoms with van der Waals surface area (Å²) in [6.07, 6.45) is 1.65. The van der Waals surface area contributed by atoms with E-state index in [9.17, 15) is 14.9 Å². The Labute approximate surface area is 139 Å². The molecule has 0 spiro atoms. The molecule has 1 saturated heterocycles. The quantitative estimate of drug-likeness (QED) is 0.485. The highest BCUT2D eigenvalue weighted by Gasteiger charge is 2.21. The van der Waals surface area contributed by atoms with Crippen LogP contribution in [-0.4, -0.2) is 55.0 Å². The van der Waals surface area contributed by atoms with Gasteiger partial charge in [0.25, 0.3) is 5.69 Å². The molecule has 1 amide bonds. The minimum Gasteiger partial charge on any atom is -0.368 e. The number of anilines is 1. The van der Waals surface area contributed by atoms with Crippen molar-refractivity contribution in [3.05, 3.63) is 46.0 Å². The second kappa shape index (κ2) is 7.94. The lowest BCUT2D eigenvalue weighted by Crippen LogP contribution is -2.49. The van der Waals surface area contributed by atoms with Crippen LogP contribution in [-0.2, 0) is 4.79 Å². The molecule has 7 nitrogen and oxygen atoms in total. The number of hydrogen-bond donors (Lipinski definition) is 1. The van der Waals surface area contributed by atoms with Gasteiger partial charge >= 0.3 is 0 Å². The van der Waals surface area contributed by atoms with Crippen molar-refractivity contribution >= 4 is 28.9 Å². The largest absolute Gasteiger partial charge is 0.368 e. The molecule has 0 unspecified atom stereocenters. The number of halogens is 1. The molecule has 0 radical (unpaired) electrons. The van der Waals surface area contributed by atoms with Gasteiger partial charge in [-0.15, -0.1) is 6.58 Å². The number of nitrogens with zero attached hydrogens (tertiary/aromatic N) is 3. The van der Waals surface area contributed by atoms with E-state index in [-0.39, 0.29) is 11.6 Å². The van der Waals surface area contributed by atoms with Crippen LogP contribution in [0.1, 0.15) is 0 Å². The Kier molecular flexibility index (Phi) is 5.95. The zero-order valence-electron chi connectivity index (χ0n) is 12.7. The van der Waals surface area contributed by atoms with Gasteiger partial charge in [0.05, 0.1) is 22.2 Å². The monoisotopic (exact) mass is 338 g/mol. The first-order valence-electron chi connectivity index (χ1n) is 7.30. The summed E-state index contributed by atoms with van der Waals surface area (Å²) in [6, 6.07) is 4.50. The summed E-state index contributed by atoms with van der Waals surface area (Å²) >= 11 is 6.15. The van der Waals surface area contributed by atoms with Gasteiger partial charge in [0, 0.05) is 44.9 Å². The van der Waals surface area contributed by atoms with Crippen LogP contribution in [0.5, 0.6) is 0 Å². The number of carbonyl (C=O) groups is 1. The van der Waals surface area contributed by atoms with Gasteiger partial charge in [-0.1, -0.05) is 17.7 Å². The first kappa shape index (κ1) is 17.2. The van der Waals surface area contributed by atoms with Crippen LogP contribution in [0.4, 0.5) is 11.4 Å². The van der Waals surface area contributed by atoms with Crippen LogP contribution in [0, 0.1) is 10.1 Å². The Morgan fingerprint density at radius 2 is 2.09 bits per heavy atom. The van der Waals surface area contributed by atoms with E-state index in [0.717, 1.165) is 18.8 Å². The molecule has 1 aromatic rings. The summed E-state index contributed by atoms with van der Waals surface area (Å²) in [5.74, 6) is -0.0216. The average Bonchev–Trinajstić information content (AvgIpc) is 2.53. The Balaban J connectivity index is 1.90. The number of rotatable bonds is 6. The third kappa shape index (κ3) is 4.67. The molecule has 1 aliphatic rings. The predicted octanol–water partition coefficient (Wildman–Crippen LogP) is 1.67. The van der Waals surface area contributed by atoms with Crippen LogP contribution in [0.3, 0.4) is 0 Å². The Morgan fingerprint density at radius 1 is 1.39 bits per heavy atom. The smallest absolute Gasteiger partial charge is 0.271 e. The van der Waals surface area contributed by atoms with Crippen molar-refractivity contribution in [3.63, 3.8) is 0 Å². The van der Waals surface area contributed by atoms with Crippen molar-refractivity contribution in [2.45, 2.75) is 0 Å². The number of nitro groups is 1. The third-order valence-corrected chi connectivity index (χ3v) is 3.97. The number of piperazine rings is 1. The number of benzene rings is 1. The molecule has 1 heterocycles. The van der Waals surface area contributed by atoms with Crippen LogP contribution in [0.25, 0.3) is 0 Å². The topological polar surface area (TPSA) is 78.7 Å². The molecule has 0 saturated carbocycles. The minimum absolute atomic E-state index is 0.0173. The van der Waals surface area contributed by atoms with E-state index >= 15 is 0 Å². The fourth-order valence-corrected chi connectivity index (χ4v) is 2.75. The summed E-state index contributed by atoms with van der Waals surface area (Å²) in [6.45, 7) is 7.28. The van der Waals surface area contributed by atoms with E-state index in [1.54, 1.807) is 12.1 Å². The zero-order chi connectivity index (χ0) is 16.8. The van der Waals surface area contributed by atoms with Crippen molar-refractivity contribution in [1.29, 1.82) is 0 Å². The fourth-order valence-electron chi connectivity index (χ4n) is 2.46. The molecular formula is C15H19ClN4O3. The van der Waals surface area contributed by atoms with Crippen LogP contribution in [0.2, 0.25) is 5.02 Å². The van der Waals surface area contributed by atoms with Gasteiger partial charge < -0.3 is 10.2 Å². The summed E-state index contributed by atoms with van der Waals surface area (Å²) < 4.78 is 0. The molecule has 23 heavy (non-hydrogen) atoms. The predicted molar refractivity (Wildman–Crippen MR) is 90.0 cm³/mol. The normalized spacial score (nSPS) is 15.3. The Morgan fingerprint density at radius 3 is 2.65 bits per heavy atom. The van der Waals surface area contributed by atoms with Crippen LogP contribution >= 0.6 is 11.6 Å². The highest BCUT2D eigenvalue weighted by Crippen LogP contribution is 2.30. The minimum atomic E-state index is -0.463. The number of hydrogen-bond acceptors (Lipinski definition) is 5. The summed E-state index contributed by atoms with van der Waals surface area (Å²) in [4.78, 5) is 26.1. The third-order valence-electron chi connectivity index (χ3n) is 3.67. The molecule has 0 bridgehead atoms. The van der Waals surface area contributed by atoms with Crippen molar-refractivity contribution in [3.8, 4) is 0 Å². The van der Waals surface area contributed by atoms with E-state index in [0.29, 0.717) is 31.2 Å². The van der Waals surface area contributed by atoms with Gasteiger partial charge in [0.15, 0.2) is 0 Å². The fraction of sp³-hybridized carbons (Fsp3) is 0.400.